The van der Waals surface area contributed by atoms with Gasteiger partial charge in [0.1, 0.15) is 0 Å². The molecular weight excluding hydrogens is 280 g/mol. The molecule has 1 aromatic carbocycles. The van der Waals surface area contributed by atoms with E-state index in [9.17, 15) is 4.79 Å². The maximum Gasteiger partial charge on any atom is 0.246 e. The van der Waals surface area contributed by atoms with Crippen molar-refractivity contribution in [3.63, 3.8) is 0 Å². The molecule has 5 heteroatoms. The molecule has 0 atom stereocenters. The van der Waals surface area contributed by atoms with Crippen LogP contribution in [0.5, 0.6) is 11.5 Å². The first-order chi connectivity index (χ1) is 10.5. The van der Waals surface area contributed by atoms with Gasteiger partial charge in [0, 0.05) is 18.7 Å². The van der Waals surface area contributed by atoms with Crippen LogP contribution in [0.15, 0.2) is 24.3 Å². The number of nitriles is 1. The predicted octanol–water partition coefficient (Wildman–Crippen LogP) is 2.87. The highest BCUT2D eigenvalue weighted by atomic mass is 16.5. The van der Waals surface area contributed by atoms with Crippen LogP contribution in [0.2, 0.25) is 0 Å². The molecule has 1 amide bonds. The fraction of sp³-hybridized carbons (Fsp3) is 0.412. The van der Waals surface area contributed by atoms with Gasteiger partial charge < -0.3 is 14.4 Å². The van der Waals surface area contributed by atoms with E-state index in [1.54, 1.807) is 37.3 Å². The number of amides is 1. The second-order valence-electron chi connectivity index (χ2n) is 4.98. The van der Waals surface area contributed by atoms with Crippen LogP contribution in [0.3, 0.4) is 0 Å². The summed E-state index contributed by atoms with van der Waals surface area (Å²) < 4.78 is 10.4. The van der Waals surface area contributed by atoms with Crippen molar-refractivity contribution in [1.82, 2.24) is 4.90 Å². The van der Waals surface area contributed by atoms with Crippen molar-refractivity contribution in [2.75, 3.05) is 20.8 Å². The van der Waals surface area contributed by atoms with Gasteiger partial charge in [0.25, 0.3) is 0 Å². The number of hydrogen-bond acceptors (Lipinski definition) is 4. The van der Waals surface area contributed by atoms with Gasteiger partial charge in [-0.25, -0.2) is 0 Å². The minimum Gasteiger partial charge on any atom is -0.493 e. The van der Waals surface area contributed by atoms with Crippen LogP contribution in [0.25, 0.3) is 6.08 Å². The van der Waals surface area contributed by atoms with Gasteiger partial charge >= 0.3 is 0 Å². The van der Waals surface area contributed by atoms with Crippen molar-refractivity contribution in [3.05, 3.63) is 29.8 Å². The topological polar surface area (TPSA) is 62.6 Å². The largest absolute Gasteiger partial charge is 0.493 e. The molecule has 22 heavy (non-hydrogen) atoms. The number of nitrogens with zero attached hydrogens (tertiary/aromatic N) is 2. The van der Waals surface area contributed by atoms with Crippen LogP contribution < -0.4 is 9.47 Å². The zero-order valence-corrected chi connectivity index (χ0v) is 13.5. The highest BCUT2D eigenvalue weighted by Gasteiger charge is 2.13. The van der Waals surface area contributed by atoms with Crippen molar-refractivity contribution < 1.29 is 14.3 Å². The van der Waals surface area contributed by atoms with Gasteiger partial charge in [-0.05, 0) is 37.6 Å². The summed E-state index contributed by atoms with van der Waals surface area (Å²) in [7, 11) is 3.14. The second-order valence-corrected chi connectivity index (χ2v) is 4.98. The lowest BCUT2D eigenvalue weighted by molar-refractivity contribution is -0.127. The lowest BCUT2D eigenvalue weighted by Crippen LogP contribution is -2.36. The monoisotopic (exact) mass is 302 g/mol. The number of carbonyl (C=O) groups excluding carboxylic acids is 1. The van der Waals surface area contributed by atoms with E-state index < -0.39 is 0 Å². The number of rotatable bonds is 7. The van der Waals surface area contributed by atoms with Crippen LogP contribution >= 0.6 is 0 Å². The third-order valence-electron chi connectivity index (χ3n) is 3.20. The zero-order valence-electron chi connectivity index (χ0n) is 13.5. The standard InChI is InChI=1S/C17H22N2O3/c1-13(2)19(11-5-10-18)17(20)9-7-14-6-8-15(21-3)16(12-14)22-4/h6-9,12-13H,5,11H2,1-4H3/b9-7+. The predicted molar refractivity (Wildman–Crippen MR) is 85.7 cm³/mol. The molecule has 0 fully saturated rings. The number of benzene rings is 1. The smallest absolute Gasteiger partial charge is 0.246 e. The maximum absolute atomic E-state index is 12.2. The van der Waals surface area contributed by atoms with Gasteiger partial charge in [0.15, 0.2) is 11.5 Å². The fourth-order valence-corrected chi connectivity index (χ4v) is 2.01. The summed E-state index contributed by atoms with van der Waals surface area (Å²) in [6.07, 6.45) is 3.57. The molecule has 0 aliphatic carbocycles. The highest BCUT2D eigenvalue weighted by Crippen LogP contribution is 2.27. The molecule has 0 aliphatic rings. The average molecular weight is 302 g/mol. The Labute approximate surface area is 131 Å². The molecule has 0 spiro atoms. The molecule has 118 valence electrons. The summed E-state index contributed by atoms with van der Waals surface area (Å²) in [5.41, 5.74) is 0.843. The molecule has 0 radical (unpaired) electrons. The molecule has 0 saturated carbocycles. The summed E-state index contributed by atoms with van der Waals surface area (Å²) >= 11 is 0. The van der Waals surface area contributed by atoms with E-state index in [-0.39, 0.29) is 11.9 Å². The number of carbonyl (C=O) groups is 1. The normalized spacial score (nSPS) is 10.5. The van der Waals surface area contributed by atoms with Crippen molar-refractivity contribution >= 4 is 12.0 Å². The maximum atomic E-state index is 12.2. The lowest BCUT2D eigenvalue weighted by Gasteiger charge is -2.24. The van der Waals surface area contributed by atoms with Gasteiger partial charge in [-0.15, -0.1) is 0 Å². The van der Waals surface area contributed by atoms with Gasteiger partial charge in [0.2, 0.25) is 5.91 Å². The van der Waals surface area contributed by atoms with Gasteiger partial charge in [0.05, 0.1) is 26.7 Å². The summed E-state index contributed by atoms with van der Waals surface area (Å²) in [5.74, 6) is 1.14. The number of ether oxygens (including phenoxy) is 2. The second kappa shape index (κ2) is 8.73. The van der Waals surface area contributed by atoms with Crippen LogP contribution in [0.1, 0.15) is 25.8 Å². The van der Waals surface area contributed by atoms with Crippen LogP contribution in [-0.4, -0.2) is 37.6 Å². The first-order valence-corrected chi connectivity index (χ1v) is 7.11. The minimum atomic E-state index is -0.111. The van der Waals surface area contributed by atoms with Crippen molar-refractivity contribution in [3.8, 4) is 17.6 Å². The van der Waals surface area contributed by atoms with Crippen LogP contribution in [0, 0.1) is 11.3 Å². The minimum absolute atomic E-state index is 0.0518. The van der Waals surface area contributed by atoms with E-state index in [2.05, 4.69) is 6.07 Å². The highest BCUT2D eigenvalue weighted by molar-refractivity contribution is 5.92. The quantitative estimate of drug-likeness (QED) is 0.727. The molecule has 0 unspecified atom stereocenters. The molecule has 0 bridgehead atoms. The Morgan fingerprint density at radius 3 is 2.55 bits per heavy atom. The average Bonchev–Trinajstić information content (AvgIpc) is 2.52. The summed E-state index contributed by atoms with van der Waals surface area (Å²) in [5, 5.41) is 8.66. The Morgan fingerprint density at radius 2 is 2.00 bits per heavy atom. The number of methoxy groups -OCH3 is 2. The van der Waals surface area contributed by atoms with Crippen molar-refractivity contribution in [2.24, 2.45) is 0 Å². The van der Waals surface area contributed by atoms with E-state index in [0.29, 0.717) is 24.5 Å². The molecule has 0 N–H and O–H groups in total. The van der Waals surface area contributed by atoms with E-state index in [1.807, 2.05) is 19.9 Å². The molecular formula is C17H22N2O3. The molecule has 0 aliphatic heterocycles. The molecule has 0 heterocycles. The first-order valence-electron chi connectivity index (χ1n) is 7.11. The van der Waals surface area contributed by atoms with E-state index >= 15 is 0 Å². The van der Waals surface area contributed by atoms with E-state index in [4.69, 9.17) is 14.7 Å². The molecule has 0 saturated heterocycles. The lowest BCUT2D eigenvalue weighted by atomic mass is 10.1. The molecule has 1 rings (SSSR count). The van der Waals surface area contributed by atoms with E-state index in [1.165, 1.54) is 6.08 Å². The first kappa shape index (κ1) is 17.6. The Hall–Kier alpha value is -2.48. The summed E-state index contributed by atoms with van der Waals surface area (Å²) in [6.45, 7) is 4.29. The van der Waals surface area contributed by atoms with Gasteiger partial charge in [-0.2, -0.15) is 5.26 Å². The Balaban J connectivity index is 2.86. The van der Waals surface area contributed by atoms with Gasteiger partial charge in [-0.3, -0.25) is 4.79 Å². The summed E-state index contributed by atoms with van der Waals surface area (Å²) in [6, 6.07) is 7.55. The van der Waals surface area contributed by atoms with Gasteiger partial charge in [-0.1, -0.05) is 6.07 Å². The van der Waals surface area contributed by atoms with E-state index in [0.717, 1.165) is 5.56 Å². The summed E-state index contributed by atoms with van der Waals surface area (Å²) in [4.78, 5) is 13.9. The van der Waals surface area contributed by atoms with Crippen LogP contribution in [0.4, 0.5) is 0 Å². The number of hydrogen-bond donors (Lipinski definition) is 0. The molecule has 1 aromatic rings. The zero-order chi connectivity index (χ0) is 16.5. The molecule has 5 nitrogen and oxygen atoms in total. The third kappa shape index (κ3) is 4.81. The SMILES string of the molecule is COc1ccc(/C=C/C(=O)N(CCC#N)C(C)C)cc1OC. The molecule has 0 aromatic heterocycles. The Morgan fingerprint density at radius 1 is 1.32 bits per heavy atom. The van der Waals surface area contributed by atoms with Crippen molar-refractivity contribution in [2.45, 2.75) is 26.3 Å². The third-order valence-corrected chi connectivity index (χ3v) is 3.20. The van der Waals surface area contributed by atoms with Crippen molar-refractivity contribution in [1.29, 1.82) is 5.26 Å². The van der Waals surface area contributed by atoms with Crippen LogP contribution in [-0.2, 0) is 4.79 Å². The Bertz CT molecular complexity index is 574. The fourth-order valence-electron chi connectivity index (χ4n) is 2.01. The Kier molecular flexibility index (Phi) is 6.97.